The zero-order valence-corrected chi connectivity index (χ0v) is 8.71. The third kappa shape index (κ3) is 1.94. The molecule has 0 saturated heterocycles. The number of carbonyl (C=O) groups is 1. The number of ketones is 1. The molecule has 1 nitrogen and oxygen atoms in total. The van der Waals surface area contributed by atoms with Gasteiger partial charge in [0, 0.05) is 6.42 Å². The molecule has 80 valence electrons. The maximum atomic E-state index is 13.1. The third-order valence-corrected chi connectivity index (χ3v) is 3.29. The predicted octanol–water partition coefficient (Wildman–Crippen LogP) is 2.94. The Morgan fingerprint density at radius 3 is 2.53 bits per heavy atom. The molecule has 1 atom stereocenters. The Kier molecular flexibility index (Phi) is 2.85. The Bertz CT molecular complexity index is 347. The highest BCUT2D eigenvalue weighted by Crippen LogP contribution is 2.38. The molecule has 1 unspecified atom stereocenters. The van der Waals surface area contributed by atoms with Crippen LogP contribution in [0.25, 0.3) is 0 Å². The molecule has 2 rings (SSSR count). The van der Waals surface area contributed by atoms with Gasteiger partial charge in [-0.3, -0.25) is 4.79 Å². The van der Waals surface area contributed by atoms with Crippen molar-refractivity contribution >= 4 is 5.78 Å². The van der Waals surface area contributed by atoms with Crippen LogP contribution < -0.4 is 0 Å². The van der Waals surface area contributed by atoms with E-state index in [9.17, 15) is 9.18 Å². The SMILES string of the molecule is O=C1CCCC1(CF)Cc1ccccc1. The normalized spacial score (nSPS) is 25.8. The van der Waals surface area contributed by atoms with E-state index in [0.717, 1.165) is 12.0 Å². The van der Waals surface area contributed by atoms with Gasteiger partial charge in [0.15, 0.2) is 0 Å². The van der Waals surface area contributed by atoms with E-state index in [4.69, 9.17) is 0 Å². The van der Waals surface area contributed by atoms with Crippen LogP contribution in [0, 0.1) is 5.41 Å². The van der Waals surface area contributed by atoms with E-state index in [0.29, 0.717) is 19.3 Å². The van der Waals surface area contributed by atoms with Gasteiger partial charge in [-0.05, 0) is 24.8 Å². The summed E-state index contributed by atoms with van der Waals surface area (Å²) < 4.78 is 13.1. The van der Waals surface area contributed by atoms with Crippen LogP contribution in [0.4, 0.5) is 4.39 Å². The minimum atomic E-state index is -0.707. The zero-order valence-electron chi connectivity index (χ0n) is 8.71. The topological polar surface area (TPSA) is 17.1 Å². The molecule has 1 aliphatic rings. The summed E-state index contributed by atoms with van der Waals surface area (Å²) in [5.41, 5.74) is 0.354. The van der Waals surface area contributed by atoms with E-state index in [-0.39, 0.29) is 5.78 Å². The van der Waals surface area contributed by atoms with Crippen LogP contribution in [0.2, 0.25) is 0 Å². The fourth-order valence-electron chi connectivity index (χ4n) is 2.35. The standard InChI is InChI=1S/C13H15FO/c14-10-13(8-4-7-12(13)15)9-11-5-2-1-3-6-11/h1-3,5-6H,4,7-10H2. The van der Waals surface area contributed by atoms with Crippen LogP contribution in [0.5, 0.6) is 0 Å². The van der Waals surface area contributed by atoms with E-state index < -0.39 is 12.1 Å². The van der Waals surface area contributed by atoms with Crippen molar-refractivity contribution in [1.29, 1.82) is 0 Å². The van der Waals surface area contributed by atoms with Crippen molar-refractivity contribution in [2.75, 3.05) is 6.67 Å². The van der Waals surface area contributed by atoms with Gasteiger partial charge in [0.05, 0.1) is 5.41 Å². The number of benzene rings is 1. The summed E-state index contributed by atoms with van der Waals surface area (Å²) in [5.74, 6) is 0.105. The highest BCUT2D eigenvalue weighted by Gasteiger charge is 2.41. The van der Waals surface area contributed by atoms with Gasteiger partial charge in [-0.2, -0.15) is 0 Å². The summed E-state index contributed by atoms with van der Waals surface area (Å²) in [6, 6.07) is 9.72. The van der Waals surface area contributed by atoms with Gasteiger partial charge in [-0.15, -0.1) is 0 Å². The molecule has 1 aromatic carbocycles. The molecule has 0 bridgehead atoms. The second kappa shape index (κ2) is 4.13. The fourth-order valence-corrected chi connectivity index (χ4v) is 2.35. The van der Waals surface area contributed by atoms with Gasteiger partial charge in [0.2, 0.25) is 0 Å². The van der Waals surface area contributed by atoms with Crippen molar-refractivity contribution in [3.05, 3.63) is 35.9 Å². The lowest BCUT2D eigenvalue weighted by molar-refractivity contribution is -0.126. The molecule has 0 N–H and O–H groups in total. The van der Waals surface area contributed by atoms with E-state index in [1.54, 1.807) is 0 Å². The molecule has 1 aromatic rings. The minimum Gasteiger partial charge on any atom is -0.299 e. The summed E-state index contributed by atoms with van der Waals surface area (Å²) in [7, 11) is 0. The largest absolute Gasteiger partial charge is 0.299 e. The lowest BCUT2D eigenvalue weighted by Crippen LogP contribution is -2.30. The third-order valence-electron chi connectivity index (χ3n) is 3.29. The molecule has 1 aliphatic carbocycles. The van der Waals surface area contributed by atoms with Crippen molar-refractivity contribution in [1.82, 2.24) is 0 Å². The number of carbonyl (C=O) groups excluding carboxylic acids is 1. The van der Waals surface area contributed by atoms with E-state index in [1.165, 1.54) is 0 Å². The van der Waals surface area contributed by atoms with E-state index in [1.807, 2.05) is 30.3 Å². The van der Waals surface area contributed by atoms with Crippen molar-refractivity contribution in [2.24, 2.45) is 5.41 Å². The minimum absolute atomic E-state index is 0.105. The molecule has 0 spiro atoms. The van der Waals surface area contributed by atoms with E-state index in [2.05, 4.69) is 0 Å². The molecule has 0 heterocycles. The first-order valence-electron chi connectivity index (χ1n) is 5.40. The molecule has 0 radical (unpaired) electrons. The number of rotatable bonds is 3. The van der Waals surface area contributed by atoms with Crippen LogP contribution in [0.3, 0.4) is 0 Å². The quantitative estimate of drug-likeness (QED) is 0.743. The summed E-state index contributed by atoms with van der Waals surface area (Å²) in [6.45, 7) is -0.513. The maximum absolute atomic E-state index is 13.1. The first-order chi connectivity index (χ1) is 7.27. The highest BCUT2D eigenvalue weighted by molar-refractivity contribution is 5.87. The molecule has 1 saturated carbocycles. The monoisotopic (exact) mass is 206 g/mol. The first-order valence-corrected chi connectivity index (χ1v) is 5.40. The van der Waals surface area contributed by atoms with Gasteiger partial charge in [0.1, 0.15) is 12.5 Å². The lowest BCUT2D eigenvalue weighted by atomic mass is 9.80. The average Bonchev–Trinajstić information content (AvgIpc) is 2.62. The molecular formula is C13H15FO. The Morgan fingerprint density at radius 1 is 1.27 bits per heavy atom. The summed E-state index contributed by atoms with van der Waals surface area (Å²) in [5, 5.41) is 0. The van der Waals surface area contributed by atoms with Gasteiger partial charge in [-0.1, -0.05) is 30.3 Å². The molecular weight excluding hydrogens is 191 g/mol. The molecule has 15 heavy (non-hydrogen) atoms. The molecule has 0 aliphatic heterocycles. The zero-order chi connectivity index (χ0) is 10.7. The van der Waals surface area contributed by atoms with Gasteiger partial charge in [-0.25, -0.2) is 4.39 Å². The Labute approximate surface area is 89.3 Å². The van der Waals surface area contributed by atoms with Crippen molar-refractivity contribution in [3.8, 4) is 0 Å². The van der Waals surface area contributed by atoms with Crippen LogP contribution in [-0.2, 0) is 11.2 Å². The average molecular weight is 206 g/mol. The van der Waals surface area contributed by atoms with Crippen LogP contribution in [0.15, 0.2) is 30.3 Å². The van der Waals surface area contributed by atoms with Crippen molar-refractivity contribution in [3.63, 3.8) is 0 Å². The second-order valence-electron chi connectivity index (χ2n) is 4.35. The van der Waals surface area contributed by atoms with E-state index >= 15 is 0 Å². The lowest BCUT2D eigenvalue weighted by Gasteiger charge is -2.23. The number of hydrogen-bond donors (Lipinski definition) is 0. The Balaban J connectivity index is 2.19. The van der Waals surface area contributed by atoms with Crippen molar-refractivity contribution in [2.45, 2.75) is 25.7 Å². The number of hydrogen-bond acceptors (Lipinski definition) is 1. The maximum Gasteiger partial charge on any atom is 0.141 e. The molecule has 0 aromatic heterocycles. The molecule has 0 amide bonds. The molecule has 2 heteroatoms. The predicted molar refractivity (Wildman–Crippen MR) is 57.4 cm³/mol. The smallest absolute Gasteiger partial charge is 0.141 e. The summed E-state index contributed by atoms with van der Waals surface area (Å²) >= 11 is 0. The number of halogens is 1. The number of alkyl halides is 1. The number of Topliss-reactive ketones (excluding diaryl/α,β-unsaturated/α-hetero) is 1. The Morgan fingerprint density at radius 2 is 2.00 bits per heavy atom. The summed E-state index contributed by atoms with van der Waals surface area (Å²) in [4.78, 5) is 11.7. The van der Waals surface area contributed by atoms with Crippen LogP contribution >= 0.6 is 0 Å². The van der Waals surface area contributed by atoms with Gasteiger partial charge in [0.25, 0.3) is 0 Å². The molecule has 1 fully saturated rings. The fraction of sp³-hybridized carbons (Fsp3) is 0.462. The van der Waals surface area contributed by atoms with Gasteiger partial charge < -0.3 is 0 Å². The van der Waals surface area contributed by atoms with Crippen LogP contribution in [-0.4, -0.2) is 12.5 Å². The highest BCUT2D eigenvalue weighted by atomic mass is 19.1. The van der Waals surface area contributed by atoms with Crippen molar-refractivity contribution < 1.29 is 9.18 Å². The summed E-state index contributed by atoms with van der Waals surface area (Å²) in [6.07, 6.45) is 2.66. The Hall–Kier alpha value is -1.18. The van der Waals surface area contributed by atoms with Crippen LogP contribution in [0.1, 0.15) is 24.8 Å². The first kappa shape index (κ1) is 10.3. The second-order valence-corrected chi connectivity index (χ2v) is 4.35. The van der Waals surface area contributed by atoms with Gasteiger partial charge >= 0.3 is 0 Å².